The molecule has 0 aliphatic carbocycles. The molecule has 8 nitrogen and oxygen atoms in total. The van der Waals surface area contributed by atoms with E-state index in [9.17, 15) is 23.3 Å². The van der Waals surface area contributed by atoms with Crippen molar-refractivity contribution in [3.63, 3.8) is 0 Å². The van der Waals surface area contributed by atoms with Gasteiger partial charge in [-0.25, -0.2) is 12.4 Å². The summed E-state index contributed by atoms with van der Waals surface area (Å²) in [7, 11) is -2.70. The summed E-state index contributed by atoms with van der Waals surface area (Å²) in [5.41, 5.74) is 0.879. The van der Waals surface area contributed by atoms with Crippen molar-refractivity contribution in [3.05, 3.63) is 101 Å². The van der Waals surface area contributed by atoms with Crippen molar-refractivity contribution in [1.82, 2.24) is 3.97 Å². The Kier molecular flexibility index (Phi) is 5.33. The highest BCUT2D eigenvalue weighted by Crippen LogP contribution is 2.44. The van der Waals surface area contributed by atoms with E-state index in [0.29, 0.717) is 22.6 Å². The summed E-state index contributed by atoms with van der Waals surface area (Å²) in [4.78, 5) is 23.6. The topological polar surface area (TPSA) is 109 Å². The fraction of sp³-hybridized carbons (Fsp3) is 0.0385. The van der Waals surface area contributed by atoms with Gasteiger partial charge in [-0.3, -0.25) is 14.9 Å². The van der Waals surface area contributed by atoms with Crippen LogP contribution < -0.4 is 4.74 Å². The number of aldehydes is 1. The molecule has 0 spiro atoms. The van der Waals surface area contributed by atoms with Crippen LogP contribution in [-0.2, 0) is 10.0 Å². The number of methoxy groups -OCH3 is 1. The van der Waals surface area contributed by atoms with E-state index in [1.54, 1.807) is 48.5 Å². The van der Waals surface area contributed by atoms with Gasteiger partial charge in [-0.05, 0) is 30.3 Å². The Hall–Kier alpha value is -4.50. The van der Waals surface area contributed by atoms with Gasteiger partial charge in [-0.2, -0.15) is 0 Å². The predicted molar refractivity (Wildman–Crippen MR) is 132 cm³/mol. The number of rotatable bonds is 6. The molecule has 0 N–H and O–H groups in total. The zero-order chi connectivity index (χ0) is 24.7. The second-order valence-electron chi connectivity index (χ2n) is 7.76. The smallest absolute Gasteiger partial charge is 0.277 e. The van der Waals surface area contributed by atoms with Crippen LogP contribution in [0.25, 0.3) is 32.9 Å². The summed E-state index contributed by atoms with van der Waals surface area (Å²) in [5.74, 6) is 0.142. The number of hydrogen-bond donors (Lipinski definition) is 0. The second-order valence-corrected chi connectivity index (χ2v) is 9.54. The summed E-state index contributed by atoms with van der Waals surface area (Å²) in [6, 6.07) is 22.4. The number of nitro benzene ring substituents is 1. The Morgan fingerprint density at radius 1 is 0.886 bits per heavy atom. The summed E-state index contributed by atoms with van der Waals surface area (Å²) in [5, 5.41) is 12.7. The van der Waals surface area contributed by atoms with Crippen LogP contribution in [0.15, 0.2) is 89.8 Å². The molecule has 0 atom stereocenters. The van der Waals surface area contributed by atoms with Gasteiger partial charge in [0.15, 0.2) is 6.29 Å². The molecule has 5 rings (SSSR count). The molecule has 0 radical (unpaired) electrons. The Balaban J connectivity index is 2.01. The summed E-state index contributed by atoms with van der Waals surface area (Å²) >= 11 is 0. The molecule has 35 heavy (non-hydrogen) atoms. The zero-order valence-corrected chi connectivity index (χ0v) is 19.2. The van der Waals surface area contributed by atoms with Gasteiger partial charge < -0.3 is 4.74 Å². The summed E-state index contributed by atoms with van der Waals surface area (Å²) < 4.78 is 34.5. The summed E-state index contributed by atoms with van der Waals surface area (Å²) in [6.45, 7) is 0. The Morgan fingerprint density at radius 2 is 1.54 bits per heavy atom. The normalized spacial score (nSPS) is 11.6. The van der Waals surface area contributed by atoms with Crippen LogP contribution >= 0.6 is 0 Å². The molecular formula is C26H18N2O6S. The number of carbonyl (C=O) groups excluding carboxylic acids is 1. The minimum atomic E-state index is -4.08. The lowest BCUT2D eigenvalue weighted by molar-refractivity contribution is -0.384. The average Bonchev–Trinajstić information content (AvgIpc) is 3.22. The van der Waals surface area contributed by atoms with Crippen molar-refractivity contribution in [2.24, 2.45) is 0 Å². The van der Waals surface area contributed by atoms with Crippen molar-refractivity contribution in [2.45, 2.75) is 4.90 Å². The predicted octanol–water partition coefficient (Wildman–Crippen LogP) is 5.43. The zero-order valence-electron chi connectivity index (χ0n) is 18.4. The molecule has 0 aliphatic heterocycles. The Labute approximate surface area is 200 Å². The van der Waals surface area contributed by atoms with E-state index in [4.69, 9.17) is 4.74 Å². The van der Waals surface area contributed by atoms with Crippen molar-refractivity contribution in [2.75, 3.05) is 7.11 Å². The first-order valence-corrected chi connectivity index (χ1v) is 12.0. The fourth-order valence-corrected chi connectivity index (χ4v) is 5.97. The Bertz CT molecular complexity index is 1740. The SMILES string of the molecule is COc1c(C=O)c(-c2ccccc2[N+](=O)[O-])cc2c1c1ccccc1n2S(=O)(=O)c1ccccc1. The minimum Gasteiger partial charge on any atom is -0.495 e. The first-order valence-electron chi connectivity index (χ1n) is 10.5. The van der Waals surface area contributed by atoms with E-state index in [0.717, 1.165) is 0 Å². The maximum atomic E-state index is 13.8. The van der Waals surface area contributed by atoms with E-state index in [1.807, 2.05) is 0 Å². The number of nitrogens with zero attached hydrogens (tertiary/aromatic N) is 2. The molecule has 0 unspecified atom stereocenters. The minimum absolute atomic E-state index is 0.0772. The van der Waals surface area contributed by atoms with Gasteiger partial charge in [-0.1, -0.05) is 48.5 Å². The van der Waals surface area contributed by atoms with Crippen molar-refractivity contribution >= 4 is 43.8 Å². The molecule has 0 fully saturated rings. The van der Waals surface area contributed by atoms with Gasteiger partial charge in [0.2, 0.25) is 0 Å². The van der Waals surface area contributed by atoms with E-state index in [-0.39, 0.29) is 38.5 Å². The molecule has 0 amide bonds. The van der Waals surface area contributed by atoms with Crippen LogP contribution in [-0.4, -0.2) is 30.7 Å². The molecule has 174 valence electrons. The molecule has 0 saturated carbocycles. The highest BCUT2D eigenvalue weighted by atomic mass is 32.2. The fourth-order valence-electron chi connectivity index (χ4n) is 4.44. The molecule has 0 aliphatic rings. The third kappa shape index (κ3) is 3.36. The van der Waals surface area contributed by atoms with Crippen LogP contribution in [0.5, 0.6) is 5.75 Å². The molecule has 0 bridgehead atoms. The van der Waals surface area contributed by atoms with E-state index in [2.05, 4.69) is 0 Å². The van der Waals surface area contributed by atoms with E-state index < -0.39 is 14.9 Å². The monoisotopic (exact) mass is 486 g/mol. The van der Waals surface area contributed by atoms with Crippen LogP contribution in [0, 0.1) is 10.1 Å². The molecule has 9 heteroatoms. The second kappa shape index (κ2) is 8.37. The van der Waals surface area contributed by atoms with Gasteiger partial charge in [0.05, 0.1) is 44.5 Å². The highest BCUT2D eigenvalue weighted by Gasteiger charge is 2.29. The number of benzene rings is 4. The number of nitro groups is 1. The van der Waals surface area contributed by atoms with Crippen molar-refractivity contribution in [3.8, 4) is 16.9 Å². The number of fused-ring (bicyclic) bond motifs is 3. The maximum Gasteiger partial charge on any atom is 0.277 e. The lowest BCUT2D eigenvalue weighted by Gasteiger charge is -2.14. The van der Waals surface area contributed by atoms with E-state index >= 15 is 0 Å². The number of para-hydroxylation sites is 2. The Morgan fingerprint density at radius 3 is 2.23 bits per heavy atom. The summed E-state index contributed by atoms with van der Waals surface area (Å²) in [6.07, 6.45) is 0.572. The van der Waals surface area contributed by atoms with Crippen molar-refractivity contribution < 1.29 is 22.9 Å². The lowest BCUT2D eigenvalue weighted by atomic mass is 9.95. The molecule has 5 aromatic rings. The first-order chi connectivity index (χ1) is 16.9. The van der Waals surface area contributed by atoms with Gasteiger partial charge >= 0.3 is 0 Å². The number of carbonyl (C=O) groups is 1. The molecule has 4 aromatic carbocycles. The molecule has 1 heterocycles. The third-order valence-corrected chi connectivity index (χ3v) is 7.65. The van der Waals surface area contributed by atoms with E-state index in [1.165, 1.54) is 47.5 Å². The quantitative estimate of drug-likeness (QED) is 0.180. The van der Waals surface area contributed by atoms with Crippen molar-refractivity contribution in [1.29, 1.82) is 0 Å². The van der Waals surface area contributed by atoms with Gasteiger partial charge in [0.25, 0.3) is 15.7 Å². The third-order valence-electron chi connectivity index (χ3n) is 5.90. The maximum absolute atomic E-state index is 13.8. The molecule has 0 saturated heterocycles. The first kappa shape index (κ1) is 22.3. The highest BCUT2D eigenvalue weighted by molar-refractivity contribution is 7.90. The molecular weight excluding hydrogens is 468 g/mol. The standard InChI is InChI=1S/C26H18N2O6S/c1-34-26-21(16-29)20(18-11-5-8-14-23(18)28(30)31)15-24-25(26)19-12-6-7-13-22(19)27(24)35(32,33)17-9-3-2-4-10-17/h2-16H,1H3. The average molecular weight is 487 g/mol. The van der Waals surface area contributed by atoms with Gasteiger partial charge in [-0.15, -0.1) is 0 Å². The number of hydrogen-bond acceptors (Lipinski definition) is 6. The molecule has 1 aromatic heterocycles. The van der Waals surface area contributed by atoms with Gasteiger partial charge in [0.1, 0.15) is 5.75 Å². The largest absolute Gasteiger partial charge is 0.495 e. The number of aromatic nitrogens is 1. The van der Waals surface area contributed by atoms with Crippen LogP contribution in [0.2, 0.25) is 0 Å². The lowest BCUT2D eigenvalue weighted by Crippen LogP contribution is -2.13. The van der Waals surface area contributed by atoms with Crippen LogP contribution in [0.3, 0.4) is 0 Å². The van der Waals surface area contributed by atoms with Crippen LogP contribution in [0.4, 0.5) is 5.69 Å². The number of ether oxygens (including phenoxy) is 1. The van der Waals surface area contributed by atoms with Crippen LogP contribution in [0.1, 0.15) is 10.4 Å². The van der Waals surface area contributed by atoms with Gasteiger partial charge in [0, 0.05) is 17.0 Å².